The molecular formula is C17H23NO2. The number of benzene rings is 2. The van der Waals surface area contributed by atoms with Gasteiger partial charge in [-0.3, -0.25) is 0 Å². The molecule has 20 heavy (non-hydrogen) atoms. The largest absolute Gasteiger partial charge is 0.394 e. The van der Waals surface area contributed by atoms with E-state index in [1.54, 1.807) is 0 Å². The van der Waals surface area contributed by atoms with Crippen LogP contribution in [0.5, 0.6) is 0 Å². The molecule has 2 N–H and O–H groups in total. The van der Waals surface area contributed by atoms with E-state index in [4.69, 9.17) is 9.84 Å². The summed E-state index contributed by atoms with van der Waals surface area (Å²) in [6, 6.07) is 15.2. The molecule has 0 heterocycles. The Balaban J connectivity index is 1.89. The van der Waals surface area contributed by atoms with Gasteiger partial charge in [0.1, 0.15) is 0 Å². The SMILES string of the molecule is CC(NCCCOCCO)c1cccc2ccccc12. The first kappa shape index (κ1) is 15.0. The molecule has 0 aliphatic carbocycles. The average Bonchev–Trinajstić information content (AvgIpc) is 2.50. The van der Waals surface area contributed by atoms with Gasteiger partial charge in [-0.05, 0) is 36.2 Å². The van der Waals surface area contributed by atoms with E-state index in [0.29, 0.717) is 19.3 Å². The van der Waals surface area contributed by atoms with E-state index < -0.39 is 0 Å². The normalized spacial score (nSPS) is 12.7. The molecule has 2 aromatic carbocycles. The number of fused-ring (bicyclic) bond motifs is 1. The summed E-state index contributed by atoms with van der Waals surface area (Å²) in [4.78, 5) is 0. The van der Waals surface area contributed by atoms with Crippen LogP contribution in [0.4, 0.5) is 0 Å². The molecule has 1 atom stereocenters. The molecule has 0 amide bonds. The average molecular weight is 273 g/mol. The van der Waals surface area contributed by atoms with Crippen LogP contribution in [0.15, 0.2) is 42.5 Å². The molecule has 0 radical (unpaired) electrons. The molecule has 2 rings (SSSR count). The minimum atomic E-state index is 0.0971. The quantitative estimate of drug-likeness (QED) is 0.727. The first-order valence-corrected chi connectivity index (χ1v) is 7.22. The van der Waals surface area contributed by atoms with Gasteiger partial charge < -0.3 is 15.2 Å². The zero-order valence-corrected chi connectivity index (χ0v) is 12.0. The topological polar surface area (TPSA) is 41.5 Å². The van der Waals surface area contributed by atoms with Gasteiger partial charge in [-0.15, -0.1) is 0 Å². The van der Waals surface area contributed by atoms with Gasteiger partial charge in [-0.1, -0.05) is 42.5 Å². The van der Waals surface area contributed by atoms with Crippen LogP contribution in [-0.4, -0.2) is 31.5 Å². The van der Waals surface area contributed by atoms with E-state index in [1.165, 1.54) is 16.3 Å². The van der Waals surface area contributed by atoms with Crippen molar-refractivity contribution in [3.8, 4) is 0 Å². The van der Waals surface area contributed by atoms with Crippen molar-refractivity contribution < 1.29 is 9.84 Å². The Morgan fingerprint density at radius 3 is 2.75 bits per heavy atom. The van der Waals surface area contributed by atoms with Crippen LogP contribution in [0, 0.1) is 0 Å². The number of nitrogens with one attached hydrogen (secondary N) is 1. The molecule has 0 saturated heterocycles. The molecule has 0 saturated carbocycles. The van der Waals surface area contributed by atoms with Gasteiger partial charge in [-0.2, -0.15) is 0 Å². The summed E-state index contributed by atoms with van der Waals surface area (Å²) >= 11 is 0. The van der Waals surface area contributed by atoms with Gasteiger partial charge in [0.05, 0.1) is 13.2 Å². The number of hydrogen-bond donors (Lipinski definition) is 2. The second-order valence-corrected chi connectivity index (χ2v) is 4.93. The van der Waals surface area contributed by atoms with Crippen molar-refractivity contribution in [3.05, 3.63) is 48.0 Å². The first-order valence-electron chi connectivity index (χ1n) is 7.22. The van der Waals surface area contributed by atoms with E-state index in [1.807, 2.05) is 0 Å². The second-order valence-electron chi connectivity index (χ2n) is 4.93. The Bertz CT molecular complexity index is 522. The molecule has 0 aromatic heterocycles. The summed E-state index contributed by atoms with van der Waals surface area (Å²) in [7, 11) is 0. The van der Waals surface area contributed by atoms with Crippen molar-refractivity contribution in [1.29, 1.82) is 0 Å². The molecule has 108 valence electrons. The van der Waals surface area contributed by atoms with E-state index in [2.05, 4.69) is 54.7 Å². The smallest absolute Gasteiger partial charge is 0.0697 e. The first-order chi connectivity index (χ1) is 9.83. The van der Waals surface area contributed by atoms with Crippen LogP contribution in [0.25, 0.3) is 10.8 Å². The van der Waals surface area contributed by atoms with Crippen LogP contribution in [0.1, 0.15) is 24.9 Å². The highest BCUT2D eigenvalue weighted by Crippen LogP contribution is 2.23. The van der Waals surface area contributed by atoms with Crippen molar-refractivity contribution in [1.82, 2.24) is 5.32 Å². The highest BCUT2D eigenvalue weighted by atomic mass is 16.5. The fraction of sp³-hybridized carbons (Fsp3) is 0.412. The lowest BCUT2D eigenvalue weighted by Gasteiger charge is -2.16. The molecule has 0 bridgehead atoms. The van der Waals surface area contributed by atoms with Crippen molar-refractivity contribution >= 4 is 10.8 Å². The van der Waals surface area contributed by atoms with Crippen molar-refractivity contribution in [2.75, 3.05) is 26.4 Å². The predicted molar refractivity (Wildman–Crippen MR) is 82.9 cm³/mol. The minimum absolute atomic E-state index is 0.0971. The van der Waals surface area contributed by atoms with Crippen molar-refractivity contribution in [3.63, 3.8) is 0 Å². The Kier molecular flexibility index (Phi) is 5.99. The van der Waals surface area contributed by atoms with Gasteiger partial charge in [0.15, 0.2) is 0 Å². The number of ether oxygens (including phenoxy) is 1. The fourth-order valence-corrected chi connectivity index (χ4v) is 2.40. The lowest BCUT2D eigenvalue weighted by atomic mass is 10.00. The molecule has 3 nitrogen and oxygen atoms in total. The maximum Gasteiger partial charge on any atom is 0.0697 e. The molecule has 2 aromatic rings. The van der Waals surface area contributed by atoms with Crippen LogP contribution in [0.3, 0.4) is 0 Å². The molecule has 0 fully saturated rings. The van der Waals surface area contributed by atoms with Gasteiger partial charge in [0.2, 0.25) is 0 Å². The van der Waals surface area contributed by atoms with Gasteiger partial charge >= 0.3 is 0 Å². The van der Waals surface area contributed by atoms with E-state index in [9.17, 15) is 0 Å². The number of hydrogen-bond acceptors (Lipinski definition) is 3. The van der Waals surface area contributed by atoms with Crippen LogP contribution >= 0.6 is 0 Å². The summed E-state index contributed by atoms with van der Waals surface area (Å²) in [5, 5.41) is 14.7. The van der Waals surface area contributed by atoms with Gasteiger partial charge in [0, 0.05) is 12.6 Å². The number of aliphatic hydroxyl groups is 1. The van der Waals surface area contributed by atoms with Gasteiger partial charge in [-0.25, -0.2) is 0 Å². The Morgan fingerprint density at radius 1 is 1.10 bits per heavy atom. The maximum absolute atomic E-state index is 8.62. The molecule has 0 aliphatic rings. The highest BCUT2D eigenvalue weighted by Gasteiger charge is 2.07. The molecule has 3 heteroatoms. The lowest BCUT2D eigenvalue weighted by Crippen LogP contribution is -2.21. The van der Waals surface area contributed by atoms with Crippen LogP contribution in [0.2, 0.25) is 0 Å². The summed E-state index contributed by atoms with van der Waals surface area (Å²) in [5.74, 6) is 0. The van der Waals surface area contributed by atoms with E-state index >= 15 is 0 Å². The number of aliphatic hydroxyl groups excluding tert-OH is 1. The minimum Gasteiger partial charge on any atom is -0.394 e. The summed E-state index contributed by atoms with van der Waals surface area (Å²) in [5.41, 5.74) is 1.33. The van der Waals surface area contributed by atoms with E-state index in [0.717, 1.165) is 13.0 Å². The summed E-state index contributed by atoms with van der Waals surface area (Å²) in [6.45, 7) is 4.32. The fourth-order valence-electron chi connectivity index (χ4n) is 2.40. The zero-order chi connectivity index (χ0) is 14.2. The van der Waals surface area contributed by atoms with Crippen molar-refractivity contribution in [2.24, 2.45) is 0 Å². The Morgan fingerprint density at radius 2 is 1.90 bits per heavy atom. The Hall–Kier alpha value is -1.42. The summed E-state index contributed by atoms with van der Waals surface area (Å²) in [6.07, 6.45) is 0.953. The molecule has 0 aliphatic heterocycles. The predicted octanol–water partition coefficient (Wildman–Crippen LogP) is 2.89. The zero-order valence-electron chi connectivity index (χ0n) is 12.0. The van der Waals surface area contributed by atoms with Crippen molar-refractivity contribution in [2.45, 2.75) is 19.4 Å². The molecule has 1 unspecified atom stereocenters. The summed E-state index contributed by atoms with van der Waals surface area (Å²) < 4.78 is 5.25. The second kappa shape index (κ2) is 8.00. The molecule has 0 spiro atoms. The third-order valence-electron chi connectivity index (χ3n) is 3.44. The highest BCUT2D eigenvalue weighted by molar-refractivity contribution is 5.86. The standard InChI is InChI=1S/C17H23NO2/c1-14(18-10-5-12-20-13-11-19)16-9-4-7-15-6-2-3-8-17(15)16/h2-4,6-9,14,18-19H,5,10-13H2,1H3. The van der Waals surface area contributed by atoms with Crippen LogP contribution < -0.4 is 5.32 Å². The third-order valence-corrected chi connectivity index (χ3v) is 3.44. The number of rotatable bonds is 8. The Labute approximate surface area is 120 Å². The van der Waals surface area contributed by atoms with E-state index in [-0.39, 0.29) is 6.61 Å². The van der Waals surface area contributed by atoms with Crippen LogP contribution in [-0.2, 0) is 4.74 Å². The molecular weight excluding hydrogens is 250 g/mol. The third kappa shape index (κ3) is 4.04. The monoisotopic (exact) mass is 273 g/mol. The van der Waals surface area contributed by atoms with Gasteiger partial charge in [0.25, 0.3) is 0 Å². The lowest BCUT2D eigenvalue weighted by molar-refractivity contribution is 0.0904. The maximum atomic E-state index is 8.62.